The van der Waals surface area contributed by atoms with Gasteiger partial charge in [-0.2, -0.15) is 8.42 Å². The van der Waals surface area contributed by atoms with E-state index in [-0.39, 0.29) is 30.1 Å². The number of hydrogen-bond acceptors (Lipinski definition) is 9. The summed E-state index contributed by atoms with van der Waals surface area (Å²) in [5.74, 6) is -3.29. The Bertz CT molecular complexity index is 1630. The van der Waals surface area contributed by atoms with Gasteiger partial charge in [0.15, 0.2) is 0 Å². The van der Waals surface area contributed by atoms with Crippen LogP contribution in [-0.4, -0.2) is 86.8 Å². The van der Waals surface area contributed by atoms with Crippen LogP contribution >= 0.6 is 11.6 Å². The molecule has 0 saturated carbocycles. The van der Waals surface area contributed by atoms with Gasteiger partial charge in [-0.15, -0.1) is 4.40 Å². The number of carbonyl (C=O) groups is 3. The third kappa shape index (κ3) is 6.90. The molecule has 17 heteroatoms. The number of halogens is 1. The standard InChI is InChI=1S/C25H28ClN5O9S2/c1-14(29-18(24(33)34)8-7-15-5-3-2-4-6-15)23(32)31-12-16(9-20(31)25(35)36)30-42(39,40)21-11-22-19(10-17(21)26)27-13-28-41(22,37)38/h2-6,10-11,13-14,16,18,20,29-30H,7-9,12H2,1H3,(H,27,28)(H,33,34)(H,35,36)/t14-,16?,18-,20-/m0/s1. The number of nitrogens with one attached hydrogen (secondary N) is 3. The van der Waals surface area contributed by atoms with E-state index in [0.717, 1.165) is 28.9 Å². The van der Waals surface area contributed by atoms with E-state index in [1.165, 1.54) is 6.92 Å². The molecule has 2 aliphatic rings. The monoisotopic (exact) mass is 641 g/mol. The zero-order chi connectivity index (χ0) is 30.8. The topological polar surface area (TPSA) is 212 Å². The van der Waals surface area contributed by atoms with E-state index in [1.54, 1.807) is 0 Å². The number of aryl methyl sites for hydroxylation is 1. The van der Waals surface area contributed by atoms with Crippen LogP contribution < -0.4 is 15.4 Å². The van der Waals surface area contributed by atoms with Crippen molar-refractivity contribution in [1.29, 1.82) is 0 Å². The number of hydrogen-bond donors (Lipinski definition) is 5. The highest BCUT2D eigenvalue weighted by Gasteiger charge is 2.43. The highest BCUT2D eigenvalue weighted by molar-refractivity contribution is 7.91. The predicted octanol–water partition coefficient (Wildman–Crippen LogP) is 0.879. The molecular weight excluding hydrogens is 614 g/mol. The van der Waals surface area contributed by atoms with Crippen molar-refractivity contribution >= 4 is 61.5 Å². The number of benzene rings is 2. The Kier molecular flexibility index (Phi) is 9.22. The lowest BCUT2D eigenvalue weighted by molar-refractivity contribution is -0.149. The Morgan fingerprint density at radius 3 is 2.52 bits per heavy atom. The van der Waals surface area contributed by atoms with Crippen LogP contribution in [0.2, 0.25) is 5.02 Å². The van der Waals surface area contributed by atoms with Crippen molar-refractivity contribution < 1.29 is 41.4 Å². The van der Waals surface area contributed by atoms with Crippen LogP contribution in [0.25, 0.3) is 0 Å². The van der Waals surface area contributed by atoms with E-state index in [4.69, 9.17) is 11.6 Å². The Labute approximate surface area is 246 Å². The molecule has 2 aromatic rings. The lowest BCUT2D eigenvalue weighted by atomic mass is 10.0. The molecule has 0 spiro atoms. The second-order valence-corrected chi connectivity index (χ2v) is 13.5. The lowest BCUT2D eigenvalue weighted by Crippen LogP contribution is -2.53. The molecule has 4 rings (SSSR count). The average Bonchev–Trinajstić information content (AvgIpc) is 3.33. The van der Waals surface area contributed by atoms with E-state index in [9.17, 15) is 41.4 Å². The maximum absolute atomic E-state index is 13.3. The van der Waals surface area contributed by atoms with E-state index < -0.39 is 71.9 Å². The highest BCUT2D eigenvalue weighted by Crippen LogP contribution is 2.34. The number of sulfonamides is 2. The number of aliphatic carboxylic acids is 2. The minimum atomic E-state index is -4.49. The summed E-state index contributed by atoms with van der Waals surface area (Å²) < 4.78 is 56.7. The van der Waals surface area contributed by atoms with Gasteiger partial charge in [-0.1, -0.05) is 41.9 Å². The first-order valence-electron chi connectivity index (χ1n) is 12.7. The largest absolute Gasteiger partial charge is 0.480 e. The Hall–Kier alpha value is -3.57. The van der Waals surface area contributed by atoms with Gasteiger partial charge in [0.25, 0.3) is 10.0 Å². The molecule has 226 valence electrons. The summed E-state index contributed by atoms with van der Waals surface area (Å²) in [5, 5.41) is 24.5. The molecule has 2 aliphatic heterocycles. The number of rotatable bonds is 11. The molecule has 5 N–H and O–H groups in total. The molecular formula is C25H28ClN5O9S2. The van der Waals surface area contributed by atoms with Crippen LogP contribution in [0, 0.1) is 0 Å². The van der Waals surface area contributed by atoms with E-state index in [0.29, 0.717) is 6.42 Å². The fourth-order valence-electron chi connectivity index (χ4n) is 4.83. The zero-order valence-electron chi connectivity index (χ0n) is 22.1. The summed E-state index contributed by atoms with van der Waals surface area (Å²) in [6.07, 6.45) is 1.22. The first kappa shape index (κ1) is 31.4. The normalized spacial score (nSPS) is 20.8. The summed E-state index contributed by atoms with van der Waals surface area (Å²) in [5.41, 5.74) is 0.938. The molecule has 0 aromatic heterocycles. The summed E-state index contributed by atoms with van der Waals surface area (Å²) >= 11 is 6.15. The third-order valence-electron chi connectivity index (χ3n) is 6.89. The van der Waals surface area contributed by atoms with E-state index in [2.05, 4.69) is 19.8 Å². The second kappa shape index (κ2) is 12.3. The molecule has 1 fully saturated rings. The van der Waals surface area contributed by atoms with Crippen LogP contribution in [0.3, 0.4) is 0 Å². The van der Waals surface area contributed by atoms with Crippen molar-refractivity contribution in [1.82, 2.24) is 14.9 Å². The first-order valence-corrected chi connectivity index (χ1v) is 16.0. The maximum Gasteiger partial charge on any atom is 0.326 e. The maximum atomic E-state index is 13.3. The Morgan fingerprint density at radius 1 is 1.19 bits per heavy atom. The summed E-state index contributed by atoms with van der Waals surface area (Å²) in [7, 11) is -8.67. The van der Waals surface area contributed by atoms with Gasteiger partial charge < -0.3 is 20.4 Å². The predicted molar refractivity (Wildman–Crippen MR) is 151 cm³/mol. The molecule has 1 unspecified atom stereocenters. The van der Waals surface area contributed by atoms with Gasteiger partial charge in [-0.05, 0) is 43.9 Å². The Balaban J connectivity index is 1.48. The molecule has 0 radical (unpaired) electrons. The highest BCUT2D eigenvalue weighted by atomic mass is 35.5. The van der Waals surface area contributed by atoms with Gasteiger partial charge in [0.1, 0.15) is 28.2 Å². The summed E-state index contributed by atoms with van der Waals surface area (Å²) in [6.45, 7) is 1.07. The van der Waals surface area contributed by atoms with Crippen LogP contribution in [0.4, 0.5) is 5.69 Å². The van der Waals surface area contributed by atoms with Crippen molar-refractivity contribution in [2.24, 2.45) is 4.40 Å². The van der Waals surface area contributed by atoms with Crippen LogP contribution in [0.1, 0.15) is 25.3 Å². The number of carboxylic acid groups (broad SMARTS) is 2. The van der Waals surface area contributed by atoms with Gasteiger partial charge in [-0.3, -0.25) is 14.9 Å². The van der Waals surface area contributed by atoms with Crippen molar-refractivity contribution in [2.75, 3.05) is 11.9 Å². The summed E-state index contributed by atoms with van der Waals surface area (Å²) in [4.78, 5) is 37.1. The lowest BCUT2D eigenvalue weighted by Gasteiger charge is -2.27. The average molecular weight is 642 g/mol. The van der Waals surface area contributed by atoms with Crippen molar-refractivity contribution in [3.63, 3.8) is 0 Å². The number of fused-ring (bicyclic) bond motifs is 1. The smallest absolute Gasteiger partial charge is 0.326 e. The Morgan fingerprint density at radius 2 is 1.88 bits per heavy atom. The molecule has 42 heavy (non-hydrogen) atoms. The van der Waals surface area contributed by atoms with Gasteiger partial charge in [0.05, 0.1) is 16.8 Å². The number of carbonyl (C=O) groups excluding carboxylic acids is 1. The molecule has 14 nitrogen and oxygen atoms in total. The van der Waals surface area contributed by atoms with E-state index in [1.807, 2.05) is 30.3 Å². The molecule has 1 amide bonds. The number of anilines is 1. The third-order valence-corrected chi connectivity index (χ3v) is 10.2. The second-order valence-electron chi connectivity index (χ2n) is 9.83. The van der Waals surface area contributed by atoms with Crippen LogP contribution in [-0.2, 0) is 40.9 Å². The van der Waals surface area contributed by atoms with Gasteiger partial charge in [-0.25, -0.2) is 17.9 Å². The molecule has 0 aliphatic carbocycles. The minimum Gasteiger partial charge on any atom is -0.480 e. The van der Waals surface area contributed by atoms with Gasteiger partial charge >= 0.3 is 11.9 Å². The van der Waals surface area contributed by atoms with Crippen molar-refractivity contribution in [3.8, 4) is 0 Å². The molecule has 0 bridgehead atoms. The van der Waals surface area contributed by atoms with Crippen molar-refractivity contribution in [2.45, 2.75) is 60.1 Å². The van der Waals surface area contributed by atoms with Crippen LogP contribution in [0.15, 0.2) is 56.7 Å². The van der Waals surface area contributed by atoms with E-state index >= 15 is 0 Å². The van der Waals surface area contributed by atoms with Crippen LogP contribution in [0.5, 0.6) is 0 Å². The molecule has 2 aromatic carbocycles. The van der Waals surface area contributed by atoms with Crippen molar-refractivity contribution in [3.05, 3.63) is 53.1 Å². The number of likely N-dealkylation sites (tertiary alicyclic amines) is 1. The summed E-state index contributed by atoms with van der Waals surface area (Å²) in [6, 6.07) is 6.44. The SMILES string of the molecule is C[C@H](N[C@@H](CCc1ccccc1)C(=O)O)C(=O)N1CC(NS(=O)(=O)c2cc3c(cc2Cl)NC=NS3(=O)=O)C[C@H]1C(=O)O. The molecule has 4 atom stereocenters. The van der Waals surface area contributed by atoms with Gasteiger partial charge in [0.2, 0.25) is 15.9 Å². The number of nitrogens with zero attached hydrogens (tertiary/aromatic N) is 2. The number of amides is 1. The number of carboxylic acids is 2. The fourth-order valence-corrected chi connectivity index (χ4v) is 7.66. The quantitative estimate of drug-likeness (QED) is 0.232. The minimum absolute atomic E-state index is 0.0300. The first-order chi connectivity index (χ1) is 19.7. The molecule has 1 saturated heterocycles. The van der Waals surface area contributed by atoms with Gasteiger partial charge in [0, 0.05) is 12.6 Å². The zero-order valence-corrected chi connectivity index (χ0v) is 24.5. The molecule has 2 heterocycles. The fraction of sp³-hybridized carbons (Fsp3) is 0.360.